The van der Waals surface area contributed by atoms with Crippen molar-refractivity contribution in [3.63, 3.8) is 0 Å². The monoisotopic (exact) mass is 201 g/mol. The van der Waals surface area contributed by atoms with Crippen molar-refractivity contribution >= 4 is 0 Å². The Labute approximate surface area is 91.9 Å². The van der Waals surface area contributed by atoms with Gasteiger partial charge in [-0.15, -0.1) is 0 Å². The topological polar surface area (TPSA) is 12.0 Å². The van der Waals surface area contributed by atoms with Crippen LogP contribution in [0.15, 0.2) is 18.2 Å². The van der Waals surface area contributed by atoms with E-state index in [1.807, 2.05) is 0 Å². The first kappa shape index (κ1) is 9.41. The Hall–Kier alpha value is -0.820. The van der Waals surface area contributed by atoms with Gasteiger partial charge in [0.1, 0.15) is 0 Å². The van der Waals surface area contributed by atoms with Crippen LogP contribution in [0.4, 0.5) is 0 Å². The van der Waals surface area contributed by atoms with Crippen molar-refractivity contribution < 1.29 is 0 Å². The Morgan fingerprint density at radius 1 is 1.13 bits per heavy atom. The smallest absolute Gasteiger partial charge is 0.0211 e. The molecule has 0 aromatic heterocycles. The SMILES string of the molecule is c1cc2c(c(C3CCCC3)c1)CNCC2. The quantitative estimate of drug-likeness (QED) is 0.736. The molecule has 0 unspecified atom stereocenters. The maximum Gasteiger partial charge on any atom is 0.0211 e. The number of nitrogens with one attached hydrogen (secondary N) is 1. The van der Waals surface area contributed by atoms with Gasteiger partial charge in [0.05, 0.1) is 0 Å². The zero-order valence-corrected chi connectivity index (χ0v) is 9.26. The number of hydrogen-bond donors (Lipinski definition) is 1. The van der Waals surface area contributed by atoms with Crippen molar-refractivity contribution in [2.75, 3.05) is 6.54 Å². The van der Waals surface area contributed by atoms with E-state index in [1.165, 1.54) is 32.1 Å². The second-order valence-corrected chi connectivity index (χ2v) is 4.89. The molecule has 1 saturated carbocycles. The fraction of sp³-hybridized carbons (Fsp3) is 0.571. The van der Waals surface area contributed by atoms with Crippen LogP contribution in [0.1, 0.15) is 48.3 Å². The summed E-state index contributed by atoms with van der Waals surface area (Å²) in [5.74, 6) is 0.861. The first-order valence-corrected chi connectivity index (χ1v) is 6.26. The van der Waals surface area contributed by atoms with E-state index in [1.54, 1.807) is 16.7 Å². The lowest BCUT2D eigenvalue weighted by molar-refractivity contribution is 0.620. The van der Waals surface area contributed by atoms with Gasteiger partial charge in [-0.3, -0.25) is 0 Å². The van der Waals surface area contributed by atoms with Crippen LogP contribution in [0, 0.1) is 0 Å². The van der Waals surface area contributed by atoms with E-state index in [-0.39, 0.29) is 0 Å². The number of fused-ring (bicyclic) bond motifs is 1. The highest BCUT2D eigenvalue weighted by molar-refractivity contribution is 5.39. The van der Waals surface area contributed by atoms with Crippen LogP contribution in [-0.4, -0.2) is 6.54 Å². The average molecular weight is 201 g/mol. The van der Waals surface area contributed by atoms with Gasteiger partial charge in [0.25, 0.3) is 0 Å². The van der Waals surface area contributed by atoms with Crippen LogP contribution in [0.25, 0.3) is 0 Å². The summed E-state index contributed by atoms with van der Waals surface area (Å²) in [5, 5.41) is 3.50. The molecule has 3 rings (SSSR count). The van der Waals surface area contributed by atoms with Crippen molar-refractivity contribution in [3.05, 3.63) is 34.9 Å². The summed E-state index contributed by atoms with van der Waals surface area (Å²) < 4.78 is 0. The van der Waals surface area contributed by atoms with Crippen LogP contribution < -0.4 is 5.32 Å². The van der Waals surface area contributed by atoms with Crippen LogP contribution >= 0.6 is 0 Å². The molecule has 80 valence electrons. The summed E-state index contributed by atoms with van der Waals surface area (Å²) in [6, 6.07) is 6.94. The first-order chi connectivity index (χ1) is 7.45. The Morgan fingerprint density at radius 2 is 2.00 bits per heavy atom. The summed E-state index contributed by atoms with van der Waals surface area (Å²) in [6.45, 7) is 2.25. The molecule has 1 aromatic carbocycles. The van der Waals surface area contributed by atoms with Crippen LogP contribution in [0.5, 0.6) is 0 Å². The second-order valence-electron chi connectivity index (χ2n) is 4.89. The van der Waals surface area contributed by atoms with E-state index in [0.717, 1.165) is 19.0 Å². The van der Waals surface area contributed by atoms with Gasteiger partial charge < -0.3 is 5.32 Å². The predicted molar refractivity (Wildman–Crippen MR) is 63.1 cm³/mol. The maximum absolute atomic E-state index is 3.50. The Kier molecular flexibility index (Phi) is 2.49. The summed E-state index contributed by atoms with van der Waals surface area (Å²) in [5.41, 5.74) is 4.87. The molecule has 1 aliphatic heterocycles. The molecule has 1 N–H and O–H groups in total. The van der Waals surface area contributed by atoms with Crippen molar-refractivity contribution in [2.24, 2.45) is 0 Å². The molecule has 15 heavy (non-hydrogen) atoms. The molecule has 2 aliphatic rings. The Morgan fingerprint density at radius 3 is 2.87 bits per heavy atom. The van der Waals surface area contributed by atoms with Gasteiger partial charge in [-0.25, -0.2) is 0 Å². The van der Waals surface area contributed by atoms with Gasteiger partial charge >= 0.3 is 0 Å². The molecule has 0 radical (unpaired) electrons. The van der Waals surface area contributed by atoms with Gasteiger partial charge in [0.2, 0.25) is 0 Å². The molecule has 0 spiro atoms. The largest absolute Gasteiger partial charge is 0.312 e. The van der Waals surface area contributed by atoms with Crippen LogP contribution in [0.3, 0.4) is 0 Å². The zero-order chi connectivity index (χ0) is 10.1. The fourth-order valence-electron chi connectivity index (χ4n) is 3.16. The van der Waals surface area contributed by atoms with Crippen molar-refractivity contribution in [1.82, 2.24) is 5.32 Å². The van der Waals surface area contributed by atoms with Gasteiger partial charge in [-0.1, -0.05) is 31.0 Å². The van der Waals surface area contributed by atoms with Gasteiger partial charge in [0.15, 0.2) is 0 Å². The lowest BCUT2D eigenvalue weighted by Crippen LogP contribution is -2.25. The van der Waals surface area contributed by atoms with E-state index >= 15 is 0 Å². The molecule has 1 aliphatic carbocycles. The molecule has 0 bridgehead atoms. The number of benzene rings is 1. The van der Waals surface area contributed by atoms with Crippen LogP contribution in [0.2, 0.25) is 0 Å². The molecule has 0 amide bonds. The lowest BCUT2D eigenvalue weighted by Gasteiger charge is -2.23. The Balaban J connectivity index is 1.99. The highest BCUT2D eigenvalue weighted by Gasteiger charge is 2.21. The zero-order valence-electron chi connectivity index (χ0n) is 9.26. The van der Waals surface area contributed by atoms with E-state index in [2.05, 4.69) is 23.5 Å². The van der Waals surface area contributed by atoms with E-state index in [0.29, 0.717) is 0 Å². The summed E-state index contributed by atoms with van der Waals surface area (Å²) in [4.78, 5) is 0. The molecule has 1 aromatic rings. The predicted octanol–water partition coefficient (Wildman–Crippen LogP) is 2.99. The van der Waals surface area contributed by atoms with E-state index in [4.69, 9.17) is 0 Å². The Bertz CT molecular complexity index is 350. The molecular formula is C14H19N. The first-order valence-electron chi connectivity index (χ1n) is 6.26. The number of hydrogen-bond acceptors (Lipinski definition) is 1. The molecule has 0 atom stereocenters. The molecule has 1 fully saturated rings. The van der Waals surface area contributed by atoms with Crippen LogP contribution in [-0.2, 0) is 13.0 Å². The normalized spacial score (nSPS) is 21.6. The van der Waals surface area contributed by atoms with Crippen molar-refractivity contribution in [3.8, 4) is 0 Å². The number of rotatable bonds is 1. The van der Waals surface area contributed by atoms with Crippen molar-refractivity contribution in [2.45, 2.75) is 44.6 Å². The van der Waals surface area contributed by atoms with E-state index < -0.39 is 0 Å². The molecule has 0 saturated heterocycles. The minimum atomic E-state index is 0.861. The summed E-state index contributed by atoms with van der Waals surface area (Å²) in [6.07, 6.45) is 6.91. The summed E-state index contributed by atoms with van der Waals surface area (Å²) in [7, 11) is 0. The highest BCUT2D eigenvalue weighted by Crippen LogP contribution is 2.37. The molecule has 1 heteroatoms. The molecule has 1 heterocycles. The second kappa shape index (κ2) is 3.97. The van der Waals surface area contributed by atoms with Gasteiger partial charge in [0, 0.05) is 6.54 Å². The third kappa shape index (κ3) is 1.69. The van der Waals surface area contributed by atoms with Crippen molar-refractivity contribution in [1.29, 1.82) is 0 Å². The third-order valence-corrected chi connectivity index (χ3v) is 3.98. The highest BCUT2D eigenvalue weighted by atomic mass is 14.9. The standard InChI is InChI=1S/C14H19N/c1-2-5-11(4-1)13-7-3-6-12-8-9-15-10-14(12)13/h3,6-7,11,15H,1-2,4-5,8-10H2. The molecular weight excluding hydrogens is 182 g/mol. The summed E-state index contributed by atoms with van der Waals surface area (Å²) >= 11 is 0. The average Bonchev–Trinajstić information content (AvgIpc) is 2.82. The van der Waals surface area contributed by atoms with E-state index in [9.17, 15) is 0 Å². The minimum absolute atomic E-state index is 0.861. The van der Waals surface area contributed by atoms with Gasteiger partial charge in [-0.05, 0) is 48.4 Å². The fourth-order valence-corrected chi connectivity index (χ4v) is 3.16. The third-order valence-electron chi connectivity index (χ3n) is 3.98. The molecule has 1 nitrogen and oxygen atoms in total. The van der Waals surface area contributed by atoms with Gasteiger partial charge in [-0.2, -0.15) is 0 Å². The minimum Gasteiger partial charge on any atom is -0.312 e. The maximum atomic E-state index is 3.50. The lowest BCUT2D eigenvalue weighted by atomic mass is 9.88.